The molecule has 1 saturated heterocycles. The number of hydrogen-bond acceptors (Lipinski definition) is 3. The molecule has 2 unspecified atom stereocenters. The Balaban J connectivity index is 1.88. The van der Waals surface area contributed by atoms with Crippen molar-refractivity contribution in [2.45, 2.75) is 10.4 Å². The van der Waals surface area contributed by atoms with Gasteiger partial charge in [-0.05, 0) is 45.6 Å². The van der Waals surface area contributed by atoms with Gasteiger partial charge in [0.15, 0.2) is 16.4 Å². The van der Waals surface area contributed by atoms with E-state index in [2.05, 4.69) is 5.32 Å². The average Bonchev–Trinajstić information content (AvgIpc) is 2.99. The van der Waals surface area contributed by atoms with Crippen molar-refractivity contribution in [2.75, 3.05) is 13.3 Å². The number of benzene rings is 3. The summed E-state index contributed by atoms with van der Waals surface area (Å²) in [6.07, 6.45) is 1.66. The zero-order chi connectivity index (χ0) is 20.6. The summed E-state index contributed by atoms with van der Waals surface area (Å²) < 4.78 is 11.9. The normalized spacial score (nSPS) is 19.9. The van der Waals surface area contributed by atoms with Gasteiger partial charge < -0.3 is 9.87 Å². The first-order valence-corrected chi connectivity index (χ1v) is 10.7. The highest BCUT2D eigenvalue weighted by molar-refractivity contribution is 7.90. The molecule has 0 spiro atoms. The van der Waals surface area contributed by atoms with Gasteiger partial charge in [-0.15, -0.1) is 0 Å². The molecule has 3 aromatic rings. The highest BCUT2D eigenvalue weighted by atomic mass is 32.2. The predicted molar refractivity (Wildman–Crippen MR) is 115 cm³/mol. The van der Waals surface area contributed by atoms with Crippen molar-refractivity contribution in [3.05, 3.63) is 90.0 Å². The summed E-state index contributed by atoms with van der Waals surface area (Å²) >= 11 is -1.07. The first-order chi connectivity index (χ1) is 13.9. The van der Waals surface area contributed by atoms with Crippen molar-refractivity contribution in [3.8, 4) is 11.1 Å². The Bertz CT molecular complexity index is 1080. The van der Waals surface area contributed by atoms with E-state index < -0.39 is 16.7 Å². The van der Waals surface area contributed by atoms with Crippen LogP contribution in [0, 0.1) is 5.41 Å². The molecular weight excluding hydrogens is 382 g/mol. The molecule has 146 valence electrons. The van der Waals surface area contributed by atoms with E-state index >= 15 is 0 Å². The van der Waals surface area contributed by atoms with Crippen molar-refractivity contribution in [1.29, 1.82) is 5.41 Å². The highest BCUT2D eigenvalue weighted by Crippen LogP contribution is 2.37. The second-order valence-corrected chi connectivity index (χ2v) is 8.40. The third-order valence-corrected chi connectivity index (χ3v) is 6.19. The third kappa shape index (κ3) is 3.20. The first-order valence-electron chi connectivity index (χ1n) is 9.18. The Labute approximate surface area is 173 Å². The SMILES string of the molecule is CN1C(=N)NC(c2ccccc2)(c2cccc(-c3cccc([S+](C)[O-])c3)c2)C1=O. The van der Waals surface area contributed by atoms with E-state index in [1.165, 1.54) is 4.90 Å². The minimum atomic E-state index is -1.16. The van der Waals surface area contributed by atoms with E-state index in [-0.39, 0.29) is 11.9 Å². The van der Waals surface area contributed by atoms with E-state index in [4.69, 9.17) is 5.41 Å². The molecule has 0 radical (unpaired) electrons. The summed E-state index contributed by atoms with van der Waals surface area (Å²) in [4.78, 5) is 15.4. The minimum Gasteiger partial charge on any atom is -0.612 e. The summed E-state index contributed by atoms with van der Waals surface area (Å²) in [7, 11) is 1.60. The number of guanidine groups is 1. The van der Waals surface area contributed by atoms with Crippen molar-refractivity contribution in [2.24, 2.45) is 0 Å². The lowest BCUT2D eigenvalue weighted by Crippen LogP contribution is -2.45. The fourth-order valence-electron chi connectivity index (χ4n) is 3.70. The van der Waals surface area contributed by atoms with Gasteiger partial charge in [-0.1, -0.05) is 60.7 Å². The van der Waals surface area contributed by atoms with Crippen LogP contribution in [0.25, 0.3) is 11.1 Å². The zero-order valence-corrected chi connectivity index (χ0v) is 17.0. The first kappa shape index (κ1) is 19.2. The molecule has 29 heavy (non-hydrogen) atoms. The smallest absolute Gasteiger partial charge is 0.264 e. The maximum atomic E-state index is 13.3. The van der Waals surface area contributed by atoms with E-state index in [1.807, 2.05) is 78.9 Å². The largest absolute Gasteiger partial charge is 0.612 e. The Morgan fingerprint density at radius 2 is 1.55 bits per heavy atom. The monoisotopic (exact) mass is 403 g/mol. The quantitative estimate of drug-likeness (QED) is 0.656. The van der Waals surface area contributed by atoms with Gasteiger partial charge in [0.05, 0.1) is 0 Å². The maximum absolute atomic E-state index is 13.3. The molecule has 0 saturated carbocycles. The summed E-state index contributed by atoms with van der Waals surface area (Å²) in [6, 6.07) is 24.8. The van der Waals surface area contributed by atoms with E-state index in [9.17, 15) is 9.35 Å². The second kappa shape index (κ2) is 7.39. The van der Waals surface area contributed by atoms with Crippen LogP contribution in [0.1, 0.15) is 11.1 Å². The Kier molecular flexibility index (Phi) is 4.90. The molecular formula is C23H21N3O2S. The fourth-order valence-corrected chi connectivity index (χ4v) is 4.26. The molecule has 4 rings (SSSR count). The zero-order valence-electron chi connectivity index (χ0n) is 16.2. The third-order valence-electron chi connectivity index (χ3n) is 5.27. The molecule has 0 bridgehead atoms. The second-order valence-electron chi connectivity index (χ2n) is 7.02. The van der Waals surface area contributed by atoms with Crippen LogP contribution in [-0.4, -0.2) is 34.6 Å². The number of nitrogens with zero attached hydrogens (tertiary/aromatic N) is 1. The van der Waals surface area contributed by atoms with Crippen LogP contribution < -0.4 is 5.32 Å². The van der Waals surface area contributed by atoms with Crippen molar-refractivity contribution in [1.82, 2.24) is 10.2 Å². The van der Waals surface area contributed by atoms with Gasteiger partial charge in [0.25, 0.3) is 5.91 Å². The van der Waals surface area contributed by atoms with Crippen molar-refractivity contribution in [3.63, 3.8) is 0 Å². The van der Waals surface area contributed by atoms with Gasteiger partial charge >= 0.3 is 0 Å². The molecule has 0 aliphatic carbocycles. The summed E-state index contributed by atoms with van der Waals surface area (Å²) in [6.45, 7) is 0. The van der Waals surface area contributed by atoms with Crippen LogP contribution >= 0.6 is 0 Å². The van der Waals surface area contributed by atoms with E-state index in [0.29, 0.717) is 0 Å². The number of nitrogens with one attached hydrogen (secondary N) is 2. The van der Waals surface area contributed by atoms with Gasteiger partial charge in [-0.2, -0.15) is 0 Å². The van der Waals surface area contributed by atoms with Crippen molar-refractivity contribution >= 4 is 23.0 Å². The molecule has 5 nitrogen and oxygen atoms in total. The summed E-state index contributed by atoms with van der Waals surface area (Å²) in [5.74, 6) is -0.137. The van der Waals surface area contributed by atoms with E-state index in [0.717, 1.165) is 27.1 Å². The lowest BCUT2D eigenvalue weighted by Gasteiger charge is -2.28. The van der Waals surface area contributed by atoms with Crippen LogP contribution in [0.2, 0.25) is 0 Å². The van der Waals surface area contributed by atoms with Crippen LogP contribution in [0.3, 0.4) is 0 Å². The number of hydrogen-bond donors (Lipinski definition) is 2. The number of likely N-dealkylation sites (N-methyl/N-ethyl adjacent to an activating group) is 1. The van der Waals surface area contributed by atoms with Crippen LogP contribution in [0.5, 0.6) is 0 Å². The predicted octanol–water partition coefficient (Wildman–Crippen LogP) is 3.33. The lowest BCUT2D eigenvalue weighted by atomic mass is 9.81. The molecule has 2 N–H and O–H groups in total. The Morgan fingerprint density at radius 3 is 2.17 bits per heavy atom. The Morgan fingerprint density at radius 1 is 0.931 bits per heavy atom. The van der Waals surface area contributed by atoms with Gasteiger partial charge in [0, 0.05) is 13.1 Å². The van der Waals surface area contributed by atoms with Gasteiger partial charge in [0.2, 0.25) is 0 Å². The Hall–Kier alpha value is -3.09. The van der Waals surface area contributed by atoms with E-state index in [1.54, 1.807) is 13.3 Å². The lowest BCUT2D eigenvalue weighted by molar-refractivity contribution is -0.129. The topological polar surface area (TPSA) is 79.2 Å². The molecule has 0 aromatic heterocycles. The van der Waals surface area contributed by atoms with Crippen LogP contribution in [0.15, 0.2) is 83.8 Å². The molecule has 1 heterocycles. The standard InChI is InChI=1S/C23H21N3O2S/c1-26-21(27)23(25-22(26)24,18-10-4-3-5-11-18)19-12-6-8-16(14-19)17-9-7-13-20(15-17)29(2)28/h3-15H,1-2H3,(H2,24,25). The molecule has 2 atom stereocenters. The van der Waals surface area contributed by atoms with Gasteiger partial charge in [0.1, 0.15) is 6.26 Å². The molecule has 3 aromatic carbocycles. The van der Waals surface area contributed by atoms with Crippen LogP contribution in [0.4, 0.5) is 0 Å². The van der Waals surface area contributed by atoms with Crippen LogP contribution in [-0.2, 0) is 21.5 Å². The average molecular weight is 404 g/mol. The molecule has 1 aliphatic rings. The molecule has 1 fully saturated rings. The molecule has 1 amide bonds. The number of carbonyl (C=O) groups is 1. The van der Waals surface area contributed by atoms with Gasteiger partial charge in [-0.25, -0.2) is 0 Å². The van der Waals surface area contributed by atoms with Gasteiger partial charge in [-0.3, -0.25) is 15.1 Å². The highest BCUT2D eigenvalue weighted by Gasteiger charge is 2.50. The minimum absolute atomic E-state index is 0.0626. The number of amides is 1. The molecule has 1 aliphatic heterocycles. The molecule has 6 heteroatoms. The number of carbonyl (C=O) groups excluding carboxylic acids is 1. The number of rotatable bonds is 4. The summed E-state index contributed by atoms with van der Waals surface area (Å²) in [5, 5.41) is 11.3. The maximum Gasteiger partial charge on any atom is 0.264 e. The van der Waals surface area contributed by atoms with Crippen molar-refractivity contribution < 1.29 is 9.35 Å². The fraction of sp³-hybridized carbons (Fsp3) is 0.130. The summed E-state index contributed by atoms with van der Waals surface area (Å²) in [5.41, 5.74) is 2.22.